The number of primary amides is 1. The Balaban J connectivity index is 2.13. The largest absolute Gasteiger partial charge is 0.397 e. The van der Waals surface area contributed by atoms with Gasteiger partial charge >= 0.3 is 0 Å². The average molecular weight is 249 g/mol. The summed E-state index contributed by atoms with van der Waals surface area (Å²) in [7, 11) is 0. The number of nitrogens with zero attached hydrogens (tertiary/aromatic N) is 1. The molecule has 1 aromatic heterocycles. The monoisotopic (exact) mass is 249 g/mol. The van der Waals surface area contributed by atoms with Gasteiger partial charge in [0.25, 0.3) is 5.91 Å². The molecule has 2 heterocycles. The first-order chi connectivity index (χ1) is 8.56. The molecule has 0 spiro atoms. The maximum atomic E-state index is 11.3. The molecular formula is C11H15N5O2. The zero-order valence-corrected chi connectivity index (χ0v) is 9.77. The molecule has 2 rings (SSSR count). The fourth-order valence-corrected chi connectivity index (χ4v) is 1.83. The minimum Gasteiger partial charge on any atom is -0.397 e. The number of carbonyl (C=O) groups is 2. The fourth-order valence-electron chi connectivity index (χ4n) is 1.83. The van der Waals surface area contributed by atoms with Crippen molar-refractivity contribution in [3.63, 3.8) is 0 Å². The van der Waals surface area contributed by atoms with E-state index in [0.717, 1.165) is 0 Å². The number of aromatic nitrogens is 1. The van der Waals surface area contributed by atoms with Gasteiger partial charge in [0.05, 0.1) is 17.4 Å². The lowest BCUT2D eigenvalue weighted by Crippen LogP contribution is -2.42. The number of amides is 2. The summed E-state index contributed by atoms with van der Waals surface area (Å²) < 4.78 is 0. The minimum atomic E-state index is -0.586. The molecule has 1 fully saturated rings. The number of piperidine rings is 1. The second-order valence-electron chi connectivity index (χ2n) is 4.21. The van der Waals surface area contributed by atoms with Crippen molar-refractivity contribution in [3.05, 3.63) is 17.8 Å². The summed E-state index contributed by atoms with van der Waals surface area (Å²) in [5, 5.41) is 5.84. The molecule has 1 aromatic rings. The molecule has 1 saturated heterocycles. The Hall–Kier alpha value is -2.31. The summed E-state index contributed by atoms with van der Waals surface area (Å²) in [4.78, 5) is 26.4. The van der Waals surface area contributed by atoms with Crippen LogP contribution < -0.4 is 22.1 Å². The van der Waals surface area contributed by atoms with Crippen LogP contribution in [0, 0.1) is 0 Å². The smallest absolute Gasteiger partial charge is 0.252 e. The van der Waals surface area contributed by atoms with Crippen molar-refractivity contribution in [2.45, 2.75) is 18.9 Å². The van der Waals surface area contributed by atoms with Crippen LogP contribution in [-0.4, -0.2) is 29.4 Å². The van der Waals surface area contributed by atoms with Crippen molar-refractivity contribution in [2.75, 3.05) is 17.6 Å². The van der Waals surface area contributed by atoms with Crippen molar-refractivity contribution in [1.29, 1.82) is 0 Å². The van der Waals surface area contributed by atoms with E-state index in [4.69, 9.17) is 11.5 Å². The van der Waals surface area contributed by atoms with E-state index in [1.54, 1.807) is 0 Å². The van der Waals surface area contributed by atoms with E-state index in [9.17, 15) is 9.59 Å². The number of anilines is 2. The summed E-state index contributed by atoms with van der Waals surface area (Å²) in [5.74, 6) is -0.150. The van der Waals surface area contributed by atoms with Gasteiger partial charge in [0.1, 0.15) is 5.82 Å². The number of nitrogens with one attached hydrogen (secondary N) is 2. The normalized spacial score (nSPS) is 19.1. The lowest BCUT2D eigenvalue weighted by molar-refractivity contribution is -0.122. The lowest BCUT2D eigenvalue weighted by Gasteiger charge is -2.24. The Morgan fingerprint density at radius 1 is 1.56 bits per heavy atom. The van der Waals surface area contributed by atoms with Crippen LogP contribution in [0.3, 0.4) is 0 Å². The Morgan fingerprint density at radius 3 is 2.94 bits per heavy atom. The first-order valence-electron chi connectivity index (χ1n) is 5.65. The van der Waals surface area contributed by atoms with Crippen LogP contribution in [0.2, 0.25) is 0 Å². The molecule has 7 heteroatoms. The quantitative estimate of drug-likeness (QED) is 0.572. The van der Waals surface area contributed by atoms with Crippen molar-refractivity contribution in [3.8, 4) is 0 Å². The van der Waals surface area contributed by atoms with E-state index in [1.807, 2.05) is 0 Å². The first-order valence-corrected chi connectivity index (χ1v) is 5.65. The second-order valence-corrected chi connectivity index (χ2v) is 4.21. The highest BCUT2D eigenvalue weighted by Crippen LogP contribution is 2.17. The van der Waals surface area contributed by atoms with Crippen LogP contribution in [0.5, 0.6) is 0 Å². The fraction of sp³-hybridized carbons (Fsp3) is 0.364. The van der Waals surface area contributed by atoms with E-state index in [0.29, 0.717) is 30.9 Å². The van der Waals surface area contributed by atoms with E-state index in [-0.39, 0.29) is 17.5 Å². The third-order valence-corrected chi connectivity index (χ3v) is 2.78. The maximum absolute atomic E-state index is 11.3. The van der Waals surface area contributed by atoms with Gasteiger partial charge in [-0.2, -0.15) is 0 Å². The third kappa shape index (κ3) is 2.68. The Labute approximate surface area is 104 Å². The molecule has 1 atom stereocenters. The predicted octanol–water partition coefficient (Wildman–Crippen LogP) is -0.547. The van der Waals surface area contributed by atoms with Crippen LogP contribution in [0.1, 0.15) is 23.2 Å². The average Bonchev–Trinajstić information content (AvgIpc) is 2.34. The number of nitrogen functional groups attached to an aromatic ring is 1. The van der Waals surface area contributed by atoms with Crippen molar-refractivity contribution in [2.24, 2.45) is 5.73 Å². The molecule has 0 aliphatic carbocycles. The van der Waals surface area contributed by atoms with Gasteiger partial charge in [-0.25, -0.2) is 4.98 Å². The zero-order valence-electron chi connectivity index (χ0n) is 9.77. The number of hydrogen-bond acceptors (Lipinski definition) is 5. The van der Waals surface area contributed by atoms with Crippen molar-refractivity contribution < 1.29 is 9.59 Å². The molecule has 1 aliphatic rings. The topological polar surface area (TPSA) is 123 Å². The SMILES string of the molecule is NC(=O)c1cc(N)cnc1NC1CCC(=O)NC1. The molecule has 0 saturated carbocycles. The Morgan fingerprint density at radius 2 is 2.33 bits per heavy atom. The second kappa shape index (κ2) is 4.91. The van der Waals surface area contributed by atoms with Crippen LogP contribution >= 0.6 is 0 Å². The Bertz CT molecular complexity index is 478. The van der Waals surface area contributed by atoms with E-state index in [1.165, 1.54) is 12.3 Å². The summed E-state index contributed by atoms with van der Waals surface area (Å²) in [6, 6.07) is 1.52. The molecule has 7 nitrogen and oxygen atoms in total. The van der Waals surface area contributed by atoms with Crippen LogP contribution in [0.4, 0.5) is 11.5 Å². The number of pyridine rings is 1. The maximum Gasteiger partial charge on any atom is 0.252 e. The number of hydrogen-bond donors (Lipinski definition) is 4. The van der Waals surface area contributed by atoms with Gasteiger partial charge in [-0.3, -0.25) is 9.59 Å². The molecule has 1 aliphatic heterocycles. The minimum absolute atomic E-state index is 0.0356. The van der Waals surface area contributed by atoms with Gasteiger partial charge in [0.15, 0.2) is 0 Å². The Kier molecular flexibility index (Phi) is 3.31. The van der Waals surface area contributed by atoms with Crippen LogP contribution in [0.25, 0.3) is 0 Å². The molecule has 6 N–H and O–H groups in total. The number of rotatable bonds is 3. The molecule has 96 valence electrons. The van der Waals surface area contributed by atoms with Crippen LogP contribution in [0.15, 0.2) is 12.3 Å². The van der Waals surface area contributed by atoms with Crippen molar-refractivity contribution in [1.82, 2.24) is 10.3 Å². The molecule has 2 amide bonds. The summed E-state index contributed by atoms with van der Waals surface area (Å²) in [6.07, 6.45) is 2.60. The molecule has 0 bridgehead atoms. The zero-order chi connectivity index (χ0) is 13.1. The predicted molar refractivity (Wildman–Crippen MR) is 66.8 cm³/mol. The molecular weight excluding hydrogens is 234 g/mol. The molecule has 18 heavy (non-hydrogen) atoms. The highest BCUT2D eigenvalue weighted by atomic mass is 16.2. The summed E-state index contributed by atoms with van der Waals surface area (Å²) in [5.41, 5.74) is 11.5. The summed E-state index contributed by atoms with van der Waals surface area (Å²) in [6.45, 7) is 0.503. The number of nitrogens with two attached hydrogens (primary N) is 2. The highest BCUT2D eigenvalue weighted by molar-refractivity contribution is 5.98. The van der Waals surface area contributed by atoms with Crippen molar-refractivity contribution >= 4 is 23.3 Å². The van der Waals surface area contributed by atoms with Gasteiger partial charge in [-0.15, -0.1) is 0 Å². The van der Waals surface area contributed by atoms with E-state index < -0.39 is 5.91 Å². The van der Waals surface area contributed by atoms with Crippen LogP contribution in [-0.2, 0) is 4.79 Å². The summed E-state index contributed by atoms with van der Waals surface area (Å²) >= 11 is 0. The molecule has 0 aromatic carbocycles. The first kappa shape index (κ1) is 12.2. The van der Waals surface area contributed by atoms with Gasteiger partial charge in [-0.1, -0.05) is 0 Å². The van der Waals surface area contributed by atoms with E-state index in [2.05, 4.69) is 15.6 Å². The molecule has 1 unspecified atom stereocenters. The standard InChI is InChI=1S/C11H15N5O2/c12-6-3-8(10(13)18)11(15-4-6)16-7-1-2-9(17)14-5-7/h3-4,7H,1-2,5,12H2,(H2,13,18)(H,14,17)(H,15,16). The van der Waals surface area contributed by atoms with Gasteiger partial charge in [0, 0.05) is 19.0 Å². The lowest BCUT2D eigenvalue weighted by atomic mass is 10.1. The van der Waals surface area contributed by atoms with E-state index >= 15 is 0 Å². The van der Waals surface area contributed by atoms with Gasteiger partial charge in [0.2, 0.25) is 5.91 Å². The highest BCUT2D eigenvalue weighted by Gasteiger charge is 2.20. The third-order valence-electron chi connectivity index (χ3n) is 2.78. The molecule has 0 radical (unpaired) electrons. The van der Waals surface area contributed by atoms with Gasteiger partial charge < -0.3 is 22.1 Å². The van der Waals surface area contributed by atoms with Gasteiger partial charge in [-0.05, 0) is 12.5 Å². The number of carbonyl (C=O) groups excluding carboxylic acids is 2.